The predicted molar refractivity (Wildman–Crippen MR) is 135 cm³/mol. The van der Waals surface area contributed by atoms with Gasteiger partial charge in [-0.1, -0.05) is 19.3 Å². The van der Waals surface area contributed by atoms with Gasteiger partial charge in [-0.3, -0.25) is 14.7 Å². The predicted octanol–water partition coefficient (Wildman–Crippen LogP) is 3.59. The van der Waals surface area contributed by atoms with Crippen molar-refractivity contribution >= 4 is 5.91 Å². The molecule has 1 aliphatic heterocycles. The van der Waals surface area contributed by atoms with Crippen LogP contribution in [0.5, 0.6) is 5.75 Å². The van der Waals surface area contributed by atoms with Crippen LogP contribution in [0, 0.1) is 18.7 Å². The lowest BCUT2D eigenvalue weighted by atomic mass is 9.82. The third-order valence-corrected chi connectivity index (χ3v) is 7.32. The maximum atomic E-state index is 14.9. The summed E-state index contributed by atoms with van der Waals surface area (Å²) in [5.74, 6) is 1.19. The average Bonchev–Trinajstić information content (AvgIpc) is 3.28. The smallest absolute Gasteiger partial charge is 0.251 e. The van der Waals surface area contributed by atoms with Crippen molar-refractivity contribution in [1.29, 1.82) is 0 Å². The molecule has 196 valence electrons. The van der Waals surface area contributed by atoms with Crippen LogP contribution in [0.1, 0.15) is 57.9 Å². The molecule has 5 rings (SSSR count). The fourth-order valence-corrected chi connectivity index (χ4v) is 4.90. The van der Waals surface area contributed by atoms with E-state index in [2.05, 4.69) is 15.3 Å². The lowest BCUT2D eigenvalue weighted by molar-refractivity contribution is 0.0839. The molecule has 0 spiro atoms. The highest BCUT2D eigenvalue weighted by atomic mass is 19.1. The molecule has 0 unspecified atom stereocenters. The molecule has 0 radical (unpaired) electrons. The first-order valence-electron chi connectivity index (χ1n) is 12.9. The van der Waals surface area contributed by atoms with E-state index in [-0.39, 0.29) is 24.9 Å². The Labute approximate surface area is 215 Å². The minimum absolute atomic E-state index is 0.124. The highest BCUT2D eigenvalue weighted by Crippen LogP contribution is 2.29. The van der Waals surface area contributed by atoms with Crippen LogP contribution in [0.2, 0.25) is 0 Å². The van der Waals surface area contributed by atoms with E-state index in [4.69, 9.17) is 9.15 Å². The molecule has 2 aliphatic rings. The number of aromatic nitrogens is 2. The number of β-amino-alcohol motifs (C(OH)–C–C–N with tert-alkyl or cyclic N) is 1. The van der Waals surface area contributed by atoms with E-state index in [9.17, 15) is 14.3 Å². The minimum Gasteiger partial charge on any atom is -0.485 e. The molecule has 1 amide bonds. The molecule has 1 fully saturated rings. The summed E-state index contributed by atoms with van der Waals surface area (Å²) in [7, 11) is 0. The molecule has 2 aromatic heterocycles. The third kappa shape index (κ3) is 6.34. The number of hydrogen-bond acceptors (Lipinski definition) is 7. The molecule has 3 aromatic rings. The van der Waals surface area contributed by atoms with Gasteiger partial charge in [-0.05, 0) is 49.4 Å². The van der Waals surface area contributed by atoms with Crippen LogP contribution in [0.3, 0.4) is 0 Å². The van der Waals surface area contributed by atoms with Gasteiger partial charge in [-0.15, -0.1) is 0 Å². The normalized spacial score (nSPS) is 16.6. The number of fused-ring (bicyclic) bond motifs is 1. The average molecular weight is 509 g/mol. The number of ether oxygens (including phenoxy) is 1. The number of aryl methyl sites for hydroxylation is 1. The van der Waals surface area contributed by atoms with Gasteiger partial charge in [-0.2, -0.15) is 0 Å². The maximum absolute atomic E-state index is 14.9. The van der Waals surface area contributed by atoms with Gasteiger partial charge < -0.3 is 19.6 Å². The van der Waals surface area contributed by atoms with Crippen molar-refractivity contribution in [2.24, 2.45) is 5.92 Å². The highest BCUT2D eigenvalue weighted by molar-refractivity contribution is 5.94. The van der Waals surface area contributed by atoms with Crippen LogP contribution in [-0.4, -0.2) is 51.6 Å². The molecule has 8 nitrogen and oxygen atoms in total. The zero-order valence-electron chi connectivity index (χ0n) is 21.1. The molecular weight excluding hydrogens is 475 g/mol. The number of nitrogens with zero attached hydrogens (tertiary/aromatic N) is 3. The molecule has 3 heterocycles. The number of oxazole rings is 1. The molecule has 1 atom stereocenters. The number of halogens is 1. The maximum Gasteiger partial charge on any atom is 0.251 e. The Morgan fingerprint density at radius 3 is 2.95 bits per heavy atom. The summed E-state index contributed by atoms with van der Waals surface area (Å²) in [5, 5.41) is 13.4. The van der Waals surface area contributed by atoms with Crippen molar-refractivity contribution in [2.45, 2.75) is 58.3 Å². The molecule has 37 heavy (non-hydrogen) atoms. The highest BCUT2D eigenvalue weighted by Gasteiger charge is 2.23. The van der Waals surface area contributed by atoms with E-state index in [1.165, 1.54) is 31.7 Å². The van der Waals surface area contributed by atoms with Gasteiger partial charge in [0.15, 0.2) is 12.2 Å². The van der Waals surface area contributed by atoms with Crippen molar-refractivity contribution in [3.8, 4) is 5.75 Å². The lowest BCUT2D eigenvalue weighted by Crippen LogP contribution is -2.42. The zero-order chi connectivity index (χ0) is 25.8. The first-order valence-corrected chi connectivity index (χ1v) is 12.9. The quantitative estimate of drug-likeness (QED) is 0.432. The number of aliphatic hydroxyl groups is 1. The summed E-state index contributed by atoms with van der Waals surface area (Å²) in [6.07, 6.45) is 7.55. The van der Waals surface area contributed by atoms with E-state index in [1.54, 1.807) is 12.3 Å². The standard InChI is InChI=1S/C28H33FN4O4/c1-18-27(37-17-32-18)16-36-24-11-20-6-8-33(15-25(20)26(29)12-24)14-23(34)13-31-28(35)21-5-7-30-22(10-21)9-19-3-2-4-19/h5,7,10-12,17,19,23,34H,2-4,6,8-9,13-16H2,1H3,(H,31,35)/t23-/m0/s1. The van der Waals surface area contributed by atoms with Gasteiger partial charge in [0.1, 0.15) is 18.2 Å². The summed E-state index contributed by atoms with van der Waals surface area (Å²) in [5.41, 5.74) is 3.76. The number of carbonyl (C=O) groups excluding carboxylic acids is 1. The molecule has 9 heteroatoms. The van der Waals surface area contributed by atoms with E-state index in [0.29, 0.717) is 54.6 Å². The summed E-state index contributed by atoms with van der Waals surface area (Å²) in [6.45, 7) is 3.55. The van der Waals surface area contributed by atoms with Gasteiger partial charge in [0.2, 0.25) is 0 Å². The Morgan fingerprint density at radius 2 is 2.19 bits per heavy atom. The number of rotatable bonds is 10. The van der Waals surface area contributed by atoms with E-state index < -0.39 is 6.10 Å². The summed E-state index contributed by atoms with van der Waals surface area (Å²) in [6, 6.07) is 6.79. The van der Waals surface area contributed by atoms with Gasteiger partial charge in [0.25, 0.3) is 5.91 Å². The van der Waals surface area contributed by atoms with Crippen molar-refractivity contribution < 1.29 is 23.4 Å². The zero-order valence-corrected chi connectivity index (χ0v) is 21.1. The largest absolute Gasteiger partial charge is 0.485 e. The SMILES string of the molecule is Cc1ncoc1COc1cc(F)c2c(c1)CCN(C[C@@H](O)CNC(=O)c1ccnc(CC3CCC3)c1)C2. The molecule has 1 aromatic carbocycles. The number of nitrogens with one attached hydrogen (secondary N) is 1. The van der Waals surface area contributed by atoms with Crippen LogP contribution in [-0.2, 0) is 26.0 Å². The van der Waals surface area contributed by atoms with Crippen molar-refractivity contribution in [3.63, 3.8) is 0 Å². The van der Waals surface area contributed by atoms with Crippen LogP contribution >= 0.6 is 0 Å². The van der Waals surface area contributed by atoms with Crippen molar-refractivity contribution in [1.82, 2.24) is 20.2 Å². The number of carbonyl (C=O) groups is 1. The second-order valence-corrected chi connectivity index (χ2v) is 10.1. The van der Waals surface area contributed by atoms with Crippen LogP contribution in [0.25, 0.3) is 0 Å². The number of aliphatic hydroxyl groups excluding tert-OH is 1. The topological polar surface area (TPSA) is 101 Å². The Kier molecular flexibility index (Phi) is 7.81. The van der Waals surface area contributed by atoms with Crippen molar-refractivity contribution in [2.75, 3.05) is 19.6 Å². The van der Waals surface area contributed by atoms with Gasteiger partial charge in [0.05, 0.1) is 11.8 Å². The van der Waals surface area contributed by atoms with Crippen LogP contribution in [0.15, 0.2) is 41.3 Å². The van der Waals surface area contributed by atoms with Crippen LogP contribution < -0.4 is 10.1 Å². The fraction of sp³-hybridized carbons (Fsp3) is 0.464. The summed E-state index contributed by atoms with van der Waals surface area (Å²) >= 11 is 0. The molecule has 1 saturated carbocycles. The molecule has 2 N–H and O–H groups in total. The van der Waals surface area contributed by atoms with Crippen LogP contribution in [0.4, 0.5) is 4.39 Å². The Bertz CT molecular complexity index is 1240. The van der Waals surface area contributed by atoms with Crippen molar-refractivity contribution in [3.05, 3.63) is 76.5 Å². The summed E-state index contributed by atoms with van der Waals surface area (Å²) in [4.78, 5) is 23.0. The Hall–Kier alpha value is -3.30. The van der Waals surface area contributed by atoms with Gasteiger partial charge >= 0.3 is 0 Å². The first kappa shape index (κ1) is 25.4. The Morgan fingerprint density at radius 1 is 1.32 bits per heavy atom. The number of pyridine rings is 1. The van der Waals surface area contributed by atoms with E-state index in [1.807, 2.05) is 24.0 Å². The third-order valence-electron chi connectivity index (χ3n) is 7.32. The minimum atomic E-state index is -0.766. The summed E-state index contributed by atoms with van der Waals surface area (Å²) < 4.78 is 25.9. The fourth-order valence-electron chi connectivity index (χ4n) is 4.90. The lowest BCUT2D eigenvalue weighted by Gasteiger charge is -2.31. The molecule has 0 bridgehead atoms. The molecule has 1 aliphatic carbocycles. The van der Waals surface area contributed by atoms with Gasteiger partial charge in [0, 0.05) is 55.3 Å². The Balaban J connectivity index is 1.10. The monoisotopic (exact) mass is 508 g/mol. The first-order chi connectivity index (χ1) is 17.9. The van der Waals surface area contributed by atoms with E-state index >= 15 is 0 Å². The second-order valence-electron chi connectivity index (χ2n) is 10.1. The van der Waals surface area contributed by atoms with Gasteiger partial charge in [-0.25, -0.2) is 9.37 Å². The number of benzene rings is 1. The molecular formula is C28H33FN4O4. The number of hydrogen-bond donors (Lipinski definition) is 2. The van der Waals surface area contributed by atoms with E-state index in [0.717, 1.165) is 23.4 Å². The second kappa shape index (κ2) is 11.4. The number of amides is 1. The molecule has 0 saturated heterocycles.